The van der Waals surface area contributed by atoms with Gasteiger partial charge in [0, 0.05) is 0 Å². The molecule has 1 aliphatic rings. The SMILES string of the molecule is CC1=C=CCOC1. The lowest BCUT2D eigenvalue weighted by atomic mass is 10.3. The molecule has 0 aromatic heterocycles. The van der Waals surface area contributed by atoms with Gasteiger partial charge in [-0.3, -0.25) is 0 Å². The van der Waals surface area contributed by atoms with E-state index in [1.165, 1.54) is 5.57 Å². The Morgan fingerprint density at radius 1 is 1.86 bits per heavy atom. The van der Waals surface area contributed by atoms with Crippen molar-refractivity contribution in [2.24, 2.45) is 0 Å². The molecule has 1 heterocycles. The van der Waals surface area contributed by atoms with Crippen molar-refractivity contribution in [1.82, 2.24) is 0 Å². The first-order chi connectivity index (χ1) is 3.39. The van der Waals surface area contributed by atoms with Crippen molar-refractivity contribution >= 4 is 0 Å². The first-order valence-corrected chi connectivity index (χ1v) is 2.38. The third kappa shape index (κ3) is 1.19. The highest BCUT2D eigenvalue weighted by atomic mass is 16.5. The number of ether oxygens (including phenoxy) is 1. The predicted octanol–water partition coefficient (Wildman–Crippen LogP) is 1.12. The molecule has 0 atom stereocenters. The summed E-state index contributed by atoms with van der Waals surface area (Å²) in [6.45, 7) is 3.50. The monoisotopic (exact) mass is 96.1 g/mol. The van der Waals surface area contributed by atoms with Crippen LogP contribution < -0.4 is 0 Å². The minimum absolute atomic E-state index is 0.733. The van der Waals surface area contributed by atoms with Gasteiger partial charge in [0.05, 0.1) is 13.2 Å². The summed E-state index contributed by atoms with van der Waals surface area (Å²) in [6.07, 6.45) is 1.90. The van der Waals surface area contributed by atoms with E-state index in [0.717, 1.165) is 13.2 Å². The molecule has 0 saturated heterocycles. The molecule has 0 saturated carbocycles. The van der Waals surface area contributed by atoms with Crippen molar-refractivity contribution in [3.8, 4) is 0 Å². The Morgan fingerprint density at radius 2 is 2.71 bits per heavy atom. The summed E-state index contributed by atoms with van der Waals surface area (Å²) >= 11 is 0. The predicted molar refractivity (Wildman–Crippen MR) is 28.1 cm³/mol. The molecule has 0 spiro atoms. The zero-order valence-electron chi connectivity index (χ0n) is 4.40. The molecule has 0 fully saturated rings. The van der Waals surface area contributed by atoms with Gasteiger partial charge >= 0.3 is 0 Å². The van der Waals surface area contributed by atoms with E-state index in [9.17, 15) is 0 Å². The van der Waals surface area contributed by atoms with Crippen LogP contribution in [0, 0.1) is 0 Å². The molecule has 1 aliphatic heterocycles. The summed E-state index contributed by atoms with van der Waals surface area (Å²) in [7, 11) is 0. The lowest BCUT2D eigenvalue weighted by molar-refractivity contribution is 0.182. The largest absolute Gasteiger partial charge is 0.372 e. The van der Waals surface area contributed by atoms with E-state index in [2.05, 4.69) is 5.73 Å². The quantitative estimate of drug-likeness (QED) is 0.410. The summed E-state index contributed by atoms with van der Waals surface area (Å²) < 4.78 is 5.03. The van der Waals surface area contributed by atoms with Crippen molar-refractivity contribution in [3.05, 3.63) is 17.4 Å². The molecule has 0 aromatic rings. The maximum atomic E-state index is 5.03. The standard InChI is InChI=1S/C6H8O/c1-6-3-2-4-7-5-6/h2H,4-5H2,1H3. The maximum absolute atomic E-state index is 5.03. The molecular formula is C6H8O. The molecular weight excluding hydrogens is 88.1 g/mol. The Hall–Kier alpha value is -0.520. The van der Waals surface area contributed by atoms with Crippen molar-refractivity contribution in [3.63, 3.8) is 0 Å². The van der Waals surface area contributed by atoms with Crippen LogP contribution in [0.5, 0.6) is 0 Å². The summed E-state index contributed by atoms with van der Waals surface area (Å²) in [5, 5.41) is 0. The van der Waals surface area contributed by atoms with E-state index in [0.29, 0.717) is 0 Å². The molecule has 1 rings (SSSR count). The number of hydrogen-bond donors (Lipinski definition) is 0. The third-order valence-electron chi connectivity index (χ3n) is 0.868. The first kappa shape index (κ1) is 4.63. The van der Waals surface area contributed by atoms with Crippen molar-refractivity contribution in [1.29, 1.82) is 0 Å². The van der Waals surface area contributed by atoms with E-state index >= 15 is 0 Å². The molecule has 0 aliphatic carbocycles. The average Bonchev–Trinajstić information content (AvgIpc) is 1.69. The summed E-state index contributed by atoms with van der Waals surface area (Å²) in [6, 6.07) is 0. The molecule has 0 unspecified atom stereocenters. The molecule has 1 heteroatoms. The van der Waals surface area contributed by atoms with Gasteiger partial charge in [0.25, 0.3) is 0 Å². The van der Waals surface area contributed by atoms with Crippen molar-refractivity contribution in [2.45, 2.75) is 6.92 Å². The Bertz CT molecular complexity index is 118. The van der Waals surface area contributed by atoms with Crippen LogP contribution in [-0.4, -0.2) is 13.2 Å². The third-order valence-corrected chi connectivity index (χ3v) is 0.868. The summed E-state index contributed by atoms with van der Waals surface area (Å²) in [5.74, 6) is 0. The highest BCUT2D eigenvalue weighted by Crippen LogP contribution is 1.94. The van der Waals surface area contributed by atoms with Gasteiger partial charge in [0.2, 0.25) is 0 Å². The molecule has 0 N–H and O–H groups in total. The zero-order chi connectivity index (χ0) is 5.11. The second-order valence-electron chi connectivity index (χ2n) is 1.64. The molecule has 38 valence electrons. The molecule has 0 amide bonds. The minimum Gasteiger partial charge on any atom is -0.372 e. The average molecular weight is 96.1 g/mol. The number of rotatable bonds is 0. The van der Waals surface area contributed by atoms with Gasteiger partial charge in [-0.1, -0.05) is 0 Å². The van der Waals surface area contributed by atoms with E-state index in [1.807, 2.05) is 13.0 Å². The zero-order valence-corrected chi connectivity index (χ0v) is 4.40. The van der Waals surface area contributed by atoms with Crippen LogP contribution in [-0.2, 0) is 4.74 Å². The molecule has 0 aromatic carbocycles. The number of hydrogen-bond acceptors (Lipinski definition) is 1. The van der Waals surface area contributed by atoms with Crippen LogP contribution >= 0.6 is 0 Å². The smallest absolute Gasteiger partial charge is 0.0752 e. The first-order valence-electron chi connectivity index (χ1n) is 2.38. The Kier molecular flexibility index (Phi) is 1.30. The Labute approximate surface area is 43.3 Å². The molecule has 0 bridgehead atoms. The minimum atomic E-state index is 0.733. The van der Waals surface area contributed by atoms with E-state index in [4.69, 9.17) is 4.74 Å². The lowest BCUT2D eigenvalue weighted by Crippen LogP contribution is -1.97. The van der Waals surface area contributed by atoms with Gasteiger partial charge < -0.3 is 4.74 Å². The second-order valence-corrected chi connectivity index (χ2v) is 1.64. The molecule has 1 nitrogen and oxygen atoms in total. The highest BCUT2D eigenvalue weighted by Gasteiger charge is 1.89. The summed E-state index contributed by atoms with van der Waals surface area (Å²) in [4.78, 5) is 0. The normalized spacial score (nSPS) is 19.3. The van der Waals surface area contributed by atoms with Crippen LogP contribution in [0.25, 0.3) is 0 Å². The highest BCUT2D eigenvalue weighted by molar-refractivity contribution is 5.01. The van der Waals surface area contributed by atoms with E-state index < -0.39 is 0 Å². The van der Waals surface area contributed by atoms with Crippen LogP contribution in [0.2, 0.25) is 0 Å². The van der Waals surface area contributed by atoms with Crippen LogP contribution in [0.3, 0.4) is 0 Å². The van der Waals surface area contributed by atoms with Crippen molar-refractivity contribution in [2.75, 3.05) is 13.2 Å². The fraction of sp³-hybridized carbons (Fsp3) is 0.500. The van der Waals surface area contributed by atoms with Gasteiger partial charge in [0.1, 0.15) is 0 Å². The van der Waals surface area contributed by atoms with Gasteiger partial charge in [-0.25, -0.2) is 0 Å². The Morgan fingerprint density at radius 3 is 3.00 bits per heavy atom. The van der Waals surface area contributed by atoms with Gasteiger partial charge in [-0.2, -0.15) is 0 Å². The van der Waals surface area contributed by atoms with Gasteiger partial charge in [-0.05, 0) is 18.6 Å². The second kappa shape index (κ2) is 1.97. The van der Waals surface area contributed by atoms with Gasteiger partial charge in [0.15, 0.2) is 0 Å². The lowest BCUT2D eigenvalue weighted by Gasteiger charge is -2.01. The fourth-order valence-electron chi connectivity index (χ4n) is 0.529. The van der Waals surface area contributed by atoms with Crippen LogP contribution in [0.4, 0.5) is 0 Å². The maximum Gasteiger partial charge on any atom is 0.0752 e. The van der Waals surface area contributed by atoms with Gasteiger partial charge in [-0.15, -0.1) is 5.73 Å². The summed E-state index contributed by atoms with van der Waals surface area (Å²) in [5.41, 5.74) is 4.23. The van der Waals surface area contributed by atoms with Crippen molar-refractivity contribution < 1.29 is 4.74 Å². The van der Waals surface area contributed by atoms with Crippen LogP contribution in [0.1, 0.15) is 6.92 Å². The Balaban J connectivity index is 2.68. The van der Waals surface area contributed by atoms with E-state index in [1.54, 1.807) is 0 Å². The van der Waals surface area contributed by atoms with Crippen LogP contribution in [0.15, 0.2) is 17.4 Å². The molecule has 7 heavy (non-hydrogen) atoms. The fourth-order valence-corrected chi connectivity index (χ4v) is 0.529. The van der Waals surface area contributed by atoms with E-state index in [-0.39, 0.29) is 0 Å². The topological polar surface area (TPSA) is 9.23 Å². The molecule has 0 radical (unpaired) electrons.